The first kappa shape index (κ1) is 21.9. The van der Waals surface area contributed by atoms with E-state index in [2.05, 4.69) is 15.3 Å². The molecule has 12 heteroatoms. The molecule has 5 N–H and O–H groups in total. The minimum absolute atomic E-state index is 0.00287. The van der Waals surface area contributed by atoms with Gasteiger partial charge in [0.15, 0.2) is 0 Å². The second-order valence-electron chi connectivity index (χ2n) is 6.18. The van der Waals surface area contributed by atoms with Crippen molar-refractivity contribution in [2.24, 2.45) is 5.73 Å². The van der Waals surface area contributed by atoms with Crippen LogP contribution in [-0.2, 0) is 12.8 Å². The van der Waals surface area contributed by atoms with Gasteiger partial charge in [0.2, 0.25) is 0 Å². The lowest BCUT2D eigenvalue weighted by Gasteiger charge is -2.13. The highest BCUT2D eigenvalue weighted by Gasteiger charge is 2.38. The Hall–Kier alpha value is -2.83. The first-order chi connectivity index (χ1) is 14.1. The molecular weight excluding hydrogens is 431 g/mol. The number of nitrogens with two attached hydrogens (primary N) is 1. The summed E-state index contributed by atoms with van der Waals surface area (Å²) in [7, 11) is 0. The van der Waals surface area contributed by atoms with Gasteiger partial charge < -0.3 is 21.1 Å². The lowest BCUT2D eigenvalue weighted by molar-refractivity contribution is -0.142. The smallest absolute Gasteiger partial charge is 0.391 e. The number of thiazole rings is 1. The van der Waals surface area contributed by atoms with E-state index in [0.717, 1.165) is 0 Å². The highest BCUT2D eigenvalue weighted by molar-refractivity contribution is 7.11. The lowest BCUT2D eigenvalue weighted by Crippen LogP contribution is -2.33. The Bertz CT molecular complexity index is 1040. The number of benzene rings is 1. The van der Waals surface area contributed by atoms with E-state index in [1.54, 1.807) is 0 Å². The molecule has 1 unspecified atom stereocenters. The van der Waals surface area contributed by atoms with Crippen LogP contribution in [-0.4, -0.2) is 27.5 Å². The van der Waals surface area contributed by atoms with Crippen LogP contribution in [0.5, 0.6) is 0 Å². The van der Waals surface area contributed by atoms with Crippen molar-refractivity contribution in [1.29, 1.82) is 0 Å². The fourth-order valence-corrected chi connectivity index (χ4v) is 3.55. The number of H-pyrrole nitrogens is 1. The molecule has 6 nitrogen and oxygen atoms in total. The molecule has 0 aliphatic rings. The summed E-state index contributed by atoms with van der Waals surface area (Å²) in [6.45, 7) is -0.184. The predicted molar refractivity (Wildman–Crippen MR) is 98.4 cm³/mol. The molecule has 1 atom stereocenters. The summed E-state index contributed by atoms with van der Waals surface area (Å²) >= 11 is 1.17. The molecule has 2 aromatic heterocycles. The van der Waals surface area contributed by atoms with E-state index >= 15 is 0 Å². The van der Waals surface area contributed by atoms with Crippen LogP contribution in [0.4, 0.5) is 22.0 Å². The number of carbonyl (C=O) groups excluding carboxylic acids is 1. The molecular formula is C18H15F5N4O2S. The lowest BCUT2D eigenvalue weighted by atomic mass is 10.1. The van der Waals surface area contributed by atoms with E-state index < -0.39 is 35.3 Å². The van der Waals surface area contributed by atoms with E-state index in [1.165, 1.54) is 29.7 Å². The SMILES string of the molecule is NCC(NC(=O)c1ccc(-c2cc(F)c(C(F)(F)F)c(F)c2)[nH]1)c1ncc(CO)s1. The van der Waals surface area contributed by atoms with Crippen LogP contribution in [0.2, 0.25) is 0 Å². The minimum atomic E-state index is -5.17. The molecule has 0 spiro atoms. The third-order valence-electron chi connectivity index (χ3n) is 4.13. The van der Waals surface area contributed by atoms with Gasteiger partial charge in [0.25, 0.3) is 5.91 Å². The average molecular weight is 446 g/mol. The predicted octanol–water partition coefficient (Wildman–Crippen LogP) is 3.36. The molecule has 160 valence electrons. The molecule has 0 fully saturated rings. The first-order valence-corrected chi connectivity index (χ1v) is 9.27. The zero-order valence-electron chi connectivity index (χ0n) is 15.1. The molecule has 0 radical (unpaired) electrons. The van der Waals surface area contributed by atoms with Gasteiger partial charge >= 0.3 is 6.18 Å². The summed E-state index contributed by atoms with van der Waals surface area (Å²) in [5, 5.41) is 12.2. The van der Waals surface area contributed by atoms with Gasteiger partial charge in [-0.25, -0.2) is 13.8 Å². The van der Waals surface area contributed by atoms with E-state index in [-0.39, 0.29) is 30.1 Å². The number of aliphatic hydroxyl groups is 1. The molecule has 0 saturated carbocycles. The van der Waals surface area contributed by atoms with Crippen molar-refractivity contribution in [3.63, 3.8) is 0 Å². The van der Waals surface area contributed by atoms with Crippen LogP contribution in [0.25, 0.3) is 11.3 Å². The molecule has 2 heterocycles. The second-order valence-corrected chi connectivity index (χ2v) is 7.33. The average Bonchev–Trinajstić information content (AvgIpc) is 3.33. The Labute approximate surface area is 170 Å². The molecule has 0 aliphatic heterocycles. The van der Waals surface area contributed by atoms with E-state index in [1.807, 2.05) is 0 Å². The van der Waals surface area contributed by atoms with Crippen molar-refractivity contribution < 1.29 is 31.9 Å². The number of aromatic nitrogens is 2. The third-order valence-corrected chi connectivity index (χ3v) is 5.23. The van der Waals surface area contributed by atoms with Crippen molar-refractivity contribution in [3.8, 4) is 11.3 Å². The fraction of sp³-hybridized carbons (Fsp3) is 0.222. The number of alkyl halides is 3. The Morgan fingerprint density at radius 3 is 2.47 bits per heavy atom. The van der Waals surface area contributed by atoms with Gasteiger partial charge in [0, 0.05) is 24.0 Å². The number of amides is 1. The highest BCUT2D eigenvalue weighted by atomic mass is 32.1. The molecule has 1 aromatic carbocycles. The highest BCUT2D eigenvalue weighted by Crippen LogP contribution is 2.35. The third kappa shape index (κ3) is 4.50. The molecule has 3 aromatic rings. The Kier molecular flexibility index (Phi) is 6.19. The molecule has 30 heavy (non-hydrogen) atoms. The number of hydrogen-bond donors (Lipinski definition) is 4. The molecule has 1 amide bonds. The largest absolute Gasteiger partial charge is 0.422 e. The molecule has 0 aliphatic carbocycles. The maximum atomic E-state index is 13.8. The van der Waals surface area contributed by atoms with E-state index in [9.17, 15) is 26.7 Å². The maximum absolute atomic E-state index is 13.8. The monoisotopic (exact) mass is 446 g/mol. The van der Waals surface area contributed by atoms with Crippen molar-refractivity contribution >= 4 is 17.2 Å². The van der Waals surface area contributed by atoms with Gasteiger partial charge in [-0.1, -0.05) is 0 Å². The van der Waals surface area contributed by atoms with Crippen LogP contribution in [0.3, 0.4) is 0 Å². The van der Waals surface area contributed by atoms with Crippen LogP contribution in [0.15, 0.2) is 30.5 Å². The summed E-state index contributed by atoms with van der Waals surface area (Å²) in [6, 6.07) is 3.05. The van der Waals surface area contributed by atoms with Crippen molar-refractivity contribution in [3.05, 3.63) is 63.2 Å². The van der Waals surface area contributed by atoms with Crippen LogP contribution >= 0.6 is 11.3 Å². The van der Waals surface area contributed by atoms with Gasteiger partial charge in [-0.15, -0.1) is 11.3 Å². The van der Waals surface area contributed by atoms with Crippen molar-refractivity contribution in [2.75, 3.05) is 6.54 Å². The zero-order valence-corrected chi connectivity index (χ0v) is 15.9. The van der Waals surface area contributed by atoms with Crippen LogP contribution < -0.4 is 11.1 Å². The normalized spacial score (nSPS) is 12.8. The Morgan fingerprint density at radius 2 is 1.93 bits per heavy atom. The number of nitrogens with one attached hydrogen (secondary N) is 2. The fourth-order valence-electron chi connectivity index (χ4n) is 2.71. The van der Waals surface area contributed by atoms with Crippen molar-refractivity contribution in [2.45, 2.75) is 18.8 Å². The summed E-state index contributed by atoms with van der Waals surface area (Å²) in [5.74, 6) is -4.13. The zero-order chi connectivity index (χ0) is 22.1. The summed E-state index contributed by atoms with van der Waals surface area (Å²) in [5.41, 5.74) is 3.54. The Morgan fingerprint density at radius 1 is 1.27 bits per heavy atom. The molecule has 0 bridgehead atoms. The molecule has 0 saturated heterocycles. The number of rotatable bonds is 6. The van der Waals surface area contributed by atoms with Gasteiger partial charge in [-0.3, -0.25) is 4.79 Å². The van der Waals surface area contributed by atoms with Gasteiger partial charge in [0.05, 0.1) is 17.5 Å². The number of carbonyl (C=O) groups is 1. The van der Waals surface area contributed by atoms with E-state index in [0.29, 0.717) is 22.0 Å². The number of halogens is 5. The second kappa shape index (κ2) is 8.50. The van der Waals surface area contributed by atoms with Gasteiger partial charge in [-0.2, -0.15) is 13.2 Å². The molecule has 3 rings (SSSR count). The van der Waals surface area contributed by atoms with Crippen LogP contribution in [0, 0.1) is 11.6 Å². The Balaban J connectivity index is 1.81. The topological polar surface area (TPSA) is 104 Å². The number of aliphatic hydroxyl groups excluding tert-OH is 1. The van der Waals surface area contributed by atoms with Crippen molar-refractivity contribution in [1.82, 2.24) is 15.3 Å². The summed E-state index contributed by atoms with van der Waals surface area (Å²) < 4.78 is 65.7. The number of nitrogens with zero attached hydrogens (tertiary/aromatic N) is 1. The standard InChI is InChI=1S/C18H15F5N4O2S/c19-10-3-8(4-11(20)15(10)18(21,22)23)12-1-2-13(26-12)16(29)27-14(5-24)17-25-6-9(7-28)30-17/h1-4,6,14,26,28H,5,7,24H2,(H,27,29). The van der Waals surface area contributed by atoms with Gasteiger partial charge in [0.1, 0.15) is 27.9 Å². The minimum Gasteiger partial charge on any atom is -0.391 e. The number of hydrogen-bond acceptors (Lipinski definition) is 5. The summed E-state index contributed by atoms with van der Waals surface area (Å²) in [6.07, 6.45) is -3.72. The van der Waals surface area contributed by atoms with Gasteiger partial charge in [-0.05, 0) is 24.3 Å². The number of aromatic amines is 1. The van der Waals surface area contributed by atoms with E-state index in [4.69, 9.17) is 10.8 Å². The van der Waals surface area contributed by atoms with Crippen LogP contribution in [0.1, 0.15) is 32.0 Å². The quantitative estimate of drug-likeness (QED) is 0.436. The summed E-state index contributed by atoms with van der Waals surface area (Å²) in [4.78, 5) is 19.7. The first-order valence-electron chi connectivity index (χ1n) is 8.46. The maximum Gasteiger partial charge on any atom is 0.422 e.